The van der Waals surface area contributed by atoms with Crippen molar-refractivity contribution in [2.24, 2.45) is 0 Å². The molecule has 0 spiro atoms. The van der Waals surface area contributed by atoms with Crippen molar-refractivity contribution in [3.63, 3.8) is 0 Å². The fourth-order valence-corrected chi connectivity index (χ4v) is 1.79. The zero-order valence-electron chi connectivity index (χ0n) is 10.1. The SMILES string of the molecule is CCNC(c1ccc(F)cn1)c1cnccc1N. The largest absolute Gasteiger partial charge is 0.398 e. The van der Waals surface area contributed by atoms with E-state index in [0.717, 1.165) is 17.8 Å². The monoisotopic (exact) mass is 246 g/mol. The van der Waals surface area contributed by atoms with E-state index in [1.54, 1.807) is 24.5 Å². The summed E-state index contributed by atoms with van der Waals surface area (Å²) in [6.45, 7) is 2.74. The molecule has 2 aromatic heterocycles. The highest BCUT2D eigenvalue weighted by atomic mass is 19.1. The van der Waals surface area contributed by atoms with E-state index in [2.05, 4.69) is 15.3 Å². The van der Waals surface area contributed by atoms with E-state index in [1.165, 1.54) is 12.3 Å². The molecule has 94 valence electrons. The topological polar surface area (TPSA) is 63.8 Å². The minimum atomic E-state index is -0.354. The molecule has 0 bridgehead atoms. The number of aromatic nitrogens is 2. The summed E-state index contributed by atoms with van der Waals surface area (Å²) in [6, 6.07) is 4.60. The molecule has 0 fully saturated rings. The Balaban J connectivity index is 2.40. The first kappa shape index (κ1) is 12.4. The number of anilines is 1. The lowest BCUT2D eigenvalue weighted by molar-refractivity contribution is 0.594. The normalized spacial score (nSPS) is 12.3. The van der Waals surface area contributed by atoms with Crippen LogP contribution in [0.2, 0.25) is 0 Å². The summed E-state index contributed by atoms with van der Waals surface area (Å²) in [4.78, 5) is 8.16. The second kappa shape index (κ2) is 5.55. The molecule has 1 unspecified atom stereocenters. The number of hydrogen-bond acceptors (Lipinski definition) is 4. The molecule has 0 aliphatic carbocycles. The molecule has 0 aromatic carbocycles. The first-order chi connectivity index (χ1) is 8.72. The average molecular weight is 246 g/mol. The summed E-state index contributed by atoms with van der Waals surface area (Å²) in [6.07, 6.45) is 4.54. The van der Waals surface area contributed by atoms with E-state index in [4.69, 9.17) is 5.73 Å². The van der Waals surface area contributed by atoms with E-state index >= 15 is 0 Å². The minimum absolute atomic E-state index is 0.177. The Morgan fingerprint density at radius 2 is 2.17 bits per heavy atom. The molecule has 0 aliphatic rings. The maximum Gasteiger partial charge on any atom is 0.141 e. The fraction of sp³-hybridized carbons (Fsp3) is 0.231. The van der Waals surface area contributed by atoms with E-state index in [0.29, 0.717) is 5.69 Å². The van der Waals surface area contributed by atoms with E-state index in [9.17, 15) is 4.39 Å². The van der Waals surface area contributed by atoms with E-state index < -0.39 is 0 Å². The molecule has 0 radical (unpaired) electrons. The number of nitrogens with one attached hydrogen (secondary N) is 1. The molecule has 1 atom stereocenters. The van der Waals surface area contributed by atoms with Gasteiger partial charge in [0, 0.05) is 23.6 Å². The van der Waals surface area contributed by atoms with Crippen molar-refractivity contribution in [3.05, 3.63) is 53.9 Å². The molecule has 0 aliphatic heterocycles. The van der Waals surface area contributed by atoms with Crippen molar-refractivity contribution in [1.29, 1.82) is 0 Å². The Labute approximate surface area is 105 Å². The van der Waals surface area contributed by atoms with Gasteiger partial charge in [-0.2, -0.15) is 0 Å². The van der Waals surface area contributed by atoms with Gasteiger partial charge < -0.3 is 11.1 Å². The van der Waals surface area contributed by atoms with Crippen LogP contribution < -0.4 is 11.1 Å². The van der Waals surface area contributed by atoms with E-state index in [1.807, 2.05) is 6.92 Å². The lowest BCUT2D eigenvalue weighted by Gasteiger charge is -2.19. The highest BCUT2D eigenvalue weighted by Crippen LogP contribution is 2.24. The number of nitrogen functional groups attached to an aromatic ring is 1. The van der Waals surface area contributed by atoms with Crippen LogP contribution >= 0.6 is 0 Å². The Morgan fingerprint density at radius 3 is 2.78 bits per heavy atom. The average Bonchev–Trinajstić information content (AvgIpc) is 2.38. The predicted octanol–water partition coefficient (Wildman–Crippen LogP) is 1.90. The van der Waals surface area contributed by atoms with Gasteiger partial charge in [0.05, 0.1) is 17.9 Å². The van der Waals surface area contributed by atoms with Gasteiger partial charge in [-0.05, 0) is 24.7 Å². The van der Waals surface area contributed by atoms with E-state index in [-0.39, 0.29) is 11.9 Å². The number of halogens is 1. The van der Waals surface area contributed by atoms with Crippen LogP contribution in [0.25, 0.3) is 0 Å². The standard InChI is InChI=1S/C13H15FN4/c1-2-17-13(10-8-16-6-5-11(10)15)12-4-3-9(14)7-18-12/h3-8,13,17H,2H2,1H3,(H2,15,16). The highest BCUT2D eigenvalue weighted by Gasteiger charge is 2.17. The molecule has 5 heteroatoms. The molecular weight excluding hydrogens is 231 g/mol. The number of rotatable bonds is 4. The molecule has 3 N–H and O–H groups in total. The summed E-state index contributed by atoms with van der Waals surface area (Å²) in [5, 5.41) is 3.27. The van der Waals surface area contributed by atoms with Gasteiger partial charge in [-0.15, -0.1) is 0 Å². The van der Waals surface area contributed by atoms with Crippen LogP contribution in [0, 0.1) is 5.82 Å². The molecule has 0 amide bonds. The molecular formula is C13H15FN4. The summed E-state index contributed by atoms with van der Waals surface area (Å²) in [5.74, 6) is -0.354. The van der Waals surface area contributed by atoms with Gasteiger partial charge in [-0.3, -0.25) is 9.97 Å². The summed E-state index contributed by atoms with van der Waals surface area (Å²) < 4.78 is 12.9. The van der Waals surface area contributed by atoms with Gasteiger partial charge in [0.2, 0.25) is 0 Å². The maximum atomic E-state index is 12.9. The van der Waals surface area contributed by atoms with Crippen molar-refractivity contribution in [3.8, 4) is 0 Å². The Bertz CT molecular complexity index is 513. The second-order valence-corrected chi connectivity index (χ2v) is 3.90. The third-order valence-electron chi connectivity index (χ3n) is 2.65. The Kier molecular flexibility index (Phi) is 3.84. The molecule has 0 saturated carbocycles. The number of hydrogen-bond donors (Lipinski definition) is 2. The first-order valence-corrected chi connectivity index (χ1v) is 5.76. The second-order valence-electron chi connectivity index (χ2n) is 3.90. The molecule has 4 nitrogen and oxygen atoms in total. The fourth-order valence-electron chi connectivity index (χ4n) is 1.79. The van der Waals surface area contributed by atoms with Gasteiger partial charge >= 0.3 is 0 Å². The van der Waals surface area contributed by atoms with Crippen LogP contribution in [0.3, 0.4) is 0 Å². The lowest BCUT2D eigenvalue weighted by atomic mass is 10.0. The summed E-state index contributed by atoms with van der Waals surface area (Å²) >= 11 is 0. The van der Waals surface area contributed by atoms with Crippen molar-refractivity contribution < 1.29 is 4.39 Å². The number of nitrogens with zero attached hydrogens (tertiary/aromatic N) is 2. The molecule has 2 aromatic rings. The summed E-state index contributed by atoms with van der Waals surface area (Å²) in [5.41, 5.74) is 8.14. The smallest absolute Gasteiger partial charge is 0.141 e. The van der Waals surface area contributed by atoms with Gasteiger partial charge in [0.1, 0.15) is 5.82 Å². The molecule has 2 heterocycles. The Morgan fingerprint density at radius 1 is 1.33 bits per heavy atom. The van der Waals surface area contributed by atoms with Crippen LogP contribution in [-0.2, 0) is 0 Å². The minimum Gasteiger partial charge on any atom is -0.398 e. The van der Waals surface area contributed by atoms with Crippen LogP contribution in [0.1, 0.15) is 24.2 Å². The van der Waals surface area contributed by atoms with Crippen molar-refractivity contribution in [1.82, 2.24) is 15.3 Å². The summed E-state index contributed by atoms with van der Waals surface area (Å²) in [7, 11) is 0. The highest BCUT2D eigenvalue weighted by molar-refractivity contribution is 5.48. The Hall–Kier alpha value is -2.01. The van der Waals surface area contributed by atoms with Crippen LogP contribution in [0.5, 0.6) is 0 Å². The lowest BCUT2D eigenvalue weighted by Crippen LogP contribution is -2.24. The van der Waals surface area contributed by atoms with Crippen LogP contribution in [0.4, 0.5) is 10.1 Å². The first-order valence-electron chi connectivity index (χ1n) is 5.76. The zero-order chi connectivity index (χ0) is 13.0. The molecule has 18 heavy (non-hydrogen) atoms. The van der Waals surface area contributed by atoms with Crippen molar-refractivity contribution >= 4 is 5.69 Å². The predicted molar refractivity (Wildman–Crippen MR) is 68.4 cm³/mol. The zero-order valence-corrected chi connectivity index (χ0v) is 10.1. The van der Waals surface area contributed by atoms with Crippen LogP contribution in [-0.4, -0.2) is 16.5 Å². The maximum absolute atomic E-state index is 12.9. The number of nitrogens with two attached hydrogens (primary N) is 1. The van der Waals surface area contributed by atoms with Gasteiger partial charge in [-0.25, -0.2) is 4.39 Å². The third-order valence-corrected chi connectivity index (χ3v) is 2.65. The van der Waals surface area contributed by atoms with Crippen LogP contribution in [0.15, 0.2) is 36.8 Å². The third kappa shape index (κ3) is 2.62. The van der Waals surface area contributed by atoms with Crippen molar-refractivity contribution in [2.75, 3.05) is 12.3 Å². The van der Waals surface area contributed by atoms with Gasteiger partial charge in [0.25, 0.3) is 0 Å². The molecule has 2 rings (SSSR count). The van der Waals surface area contributed by atoms with Gasteiger partial charge in [-0.1, -0.05) is 6.92 Å². The van der Waals surface area contributed by atoms with Crippen molar-refractivity contribution in [2.45, 2.75) is 13.0 Å². The molecule has 0 saturated heterocycles. The quantitative estimate of drug-likeness (QED) is 0.864. The van der Waals surface area contributed by atoms with Gasteiger partial charge in [0.15, 0.2) is 0 Å². The number of pyridine rings is 2.